The molecule has 0 saturated carbocycles. The second-order valence-electron chi connectivity index (χ2n) is 8.38. The van der Waals surface area contributed by atoms with Crippen LogP contribution in [0.3, 0.4) is 0 Å². The molecule has 3 aromatic rings. The van der Waals surface area contributed by atoms with Crippen molar-refractivity contribution in [3.63, 3.8) is 0 Å². The Morgan fingerprint density at radius 3 is 2.27 bits per heavy atom. The second kappa shape index (κ2) is 15.9. The summed E-state index contributed by atoms with van der Waals surface area (Å²) in [6, 6.07) is 10.6. The first-order valence-corrected chi connectivity index (χ1v) is 13.5. The molecule has 0 bridgehead atoms. The highest BCUT2D eigenvalue weighted by Crippen LogP contribution is 2.45. The van der Waals surface area contributed by atoms with E-state index in [1.165, 1.54) is 26.4 Å². The minimum absolute atomic E-state index is 0.0336. The van der Waals surface area contributed by atoms with Crippen LogP contribution in [0.5, 0.6) is 5.75 Å². The van der Waals surface area contributed by atoms with Crippen LogP contribution >= 0.6 is 23.2 Å². The van der Waals surface area contributed by atoms with E-state index in [0.717, 1.165) is 24.6 Å². The molecular formula is C30H21Cl2F2N5O6. The first kappa shape index (κ1) is 34.1. The zero-order chi connectivity index (χ0) is 33.1. The third-order valence-corrected chi connectivity index (χ3v) is 6.26. The number of nitrogens with zero attached hydrogens (tertiary/aromatic N) is 5. The Kier molecular flexibility index (Phi) is 12.0. The Morgan fingerprint density at radius 1 is 0.956 bits per heavy atom. The number of benzene rings is 3. The molecule has 0 spiro atoms. The number of halogens is 4. The summed E-state index contributed by atoms with van der Waals surface area (Å²) in [6.45, 7) is 1.80. The average molecular weight is 656 g/mol. The van der Waals surface area contributed by atoms with Crippen molar-refractivity contribution in [2.45, 2.75) is 6.92 Å². The maximum atomic E-state index is 16.1. The number of rotatable bonds is 9. The van der Waals surface area contributed by atoms with Gasteiger partial charge in [-0.3, -0.25) is 0 Å². The molecule has 0 fully saturated rings. The highest BCUT2D eigenvalue weighted by molar-refractivity contribution is 6.33. The number of aliphatic imine (C=N–C) groups is 2. The molecule has 0 aliphatic rings. The summed E-state index contributed by atoms with van der Waals surface area (Å²) in [6.07, 6.45) is -0.536. The zero-order valence-corrected chi connectivity index (χ0v) is 25.3. The van der Waals surface area contributed by atoms with Gasteiger partial charge in [0, 0.05) is 22.3 Å². The largest absolute Gasteiger partial charge is 0.513 e. The fourth-order valence-corrected chi connectivity index (χ4v) is 4.23. The summed E-state index contributed by atoms with van der Waals surface area (Å²) in [5.41, 5.74) is -2.26. The standard InChI is InChI=1S/C30H21Cl2F2N5O6/c1-4-43-15-38-25-10-20(22(32)7-16(25)12-35)27-21(14-37)28(39-29(41-2)42-3)19(9-24(27)34)18-11-26(17(13-36)8-23(18)33)45-30(40)44-6-5-31/h7-11,15H,4-6H2,1-3H3. The minimum Gasteiger partial charge on any atom is -0.483 e. The molecule has 0 amide bonds. The Morgan fingerprint density at radius 2 is 1.67 bits per heavy atom. The fraction of sp³-hybridized carbons (Fsp3) is 0.200. The number of ether oxygens (including phenoxy) is 5. The Balaban J connectivity index is 2.42. The van der Waals surface area contributed by atoms with Crippen molar-refractivity contribution < 1.29 is 37.3 Å². The molecule has 0 atom stereocenters. The van der Waals surface area contributed by atoms with Crippen LogP contribution in [0.1, 0.15) is 23.6 Å². The molecule has 230 valence electrons. The van der Waals surface area contributed by atoms with Gasteiger partial charge in [-0.15, -0.1) is 11.6 Å². The van der Waals surface area contributed by atoms with E-state index in [1.54, 1.807) is 13.0 Å². The maximum Gasteiger partial charge on any atom is 0.513 e. The first-order valence-electron chi connectivity index (χ1n) is 12.6. The number of hydrogen-bond donors (Lipinski definition) is 0. The number of nitriles is 3. The maximum absolute atomic E-state index is 16.1. The summed E-state index contributed by atoms with van der Waals surface area (Å²) < 4.78 is 56.7. The number of hydrogen-bond acceptors (Lipinski definition) is 11. The van der Waals surface area contributed by atoms with Gasteiger partial charge in [0.25, 0.3) is 0 Å². The Hall–Kier alpha value is -5.42. The zero-order valence-electron chi connectivity index (χ0n) is 23.8. The predicted octanol–water partition coefficient (Wildman–Crippen LogP) is 7.30. The SMILES string of the molecule is CCOC=Nc1cc(-c2c(F)cc(-c3cc(OC(=O)OCCCl)c(C#N)cc3F)c(N=C(OC)OC)c2C#N)c(Cl)cc1C#N. The predicted molar refractivity (Wildman–Crippen MR) is 160 cm³/mol. The van der Waals surface area contributed by atoms with Crippen molar-refractivity contribution in [3.05, 3.63) is 63.7 Å². The molecule has 3 aromatic carbocycles. The van der Waals surface area contributed by atoms with Crippen molar-refractivity contribution in [2.24, 2.45) is 9.98 Å². The van der Waals surface area contributed by atoms with Gasteiger partial charge in [-0.1, -0.05) is 11.6 Å². The van der Waals surface area contributed by atoms with Crippen molar-refractivity contribution in [1.29, 1.82) is 15.8 Å². The molecule has 3 rings (SSSR count). The summed E-state index contributed by atoms with van der Waals surface area (Å²) >= 11 is 12.0. The van der Waals surface area contributed by atoms with Gasteiger partial charge in [0.15, 0.2) is 12.2 Å². The summed E-state index contributed by atoms with van der Waals surface area (Å²) in [7, 11) is 2.42. The molecule has 11 nitrogen and oxygen atoms in total. The van der Waals surface area contributed by atoms with Crippen LogP contribution in [-0.4, -0.2) is 52.0 Å². The second-order valence-corrected chi connectivity index (χ2v) is 9.17. The number of carbonyl (C=O) groups is 1. The van der Waals surface area contributed by atoms with Crippen molar-refractivity contribution in [3.8, 4) is 46.2 Å². The Labute approximate surface area is 266 Å². The summed E-state index contributed by atoms with van der Waals surface area (Å²) in [5, 5.41) is 29.3. The number of carbonyl (C=O) groups excluding carboxylic acids is 1. The lowest BCUT2D eigenvalue weighted by atomic mass is 9.91. The van der Waals surface area contributed by atoms with Gasteiger partial charge in [0.05, 0.1) is 59.8 Å². The molecule has 0 aliphatic heterocycles. The van der Waals surface area contributed by atoms with Crippen molar-refractivity contribution in [2.75, 3.05) is 33.3 Å². The normalized spacial score (nSPS) is 10.3. The lowest BCUT2D eigenvalue weighted by Gasteiger charge is -2.17. The van der Waals surface area contributed by atoms with Gasteiger partial charge in [-0.2, -0.15) is 20.8 Å². The van der Waals surface area contributed by atoms with Crippen molar-refractivity contribution >= 4 is 53.2 Å². The fourth-order valence-electron chi connectivity index (χ4n) is 3.89. The molecule has 15 heteroatoms. The van der Waals surface area contributed by atoms with Crippen LogP contribution in [-0.2, 0) is 18.9 Å². The van der Waals surface area contributed by atoms with E-state index >= 15 is 8.78 Å². The van der Waals surface area contributed by atoms with Crippen LogP contribution in [0.15, 0.2) is 40.3 Å². The summed E-state index contributed by atoms with van der Waals surface area (Å²) in [5.74, 6) is -2.59. The number of methoxy groups -OCH3 is 2. The average Bonchev–Trinajstić information content (AvgIpc) is 3.03. The first-order chi connectivity index (χ1) is 21.7. The van der Waals surface area contributed by atoms with Crippen LogP contribution in [0.4, 0.5) is 25.0 Å². The quantitative estimate of drug-likeness (QED) is 0.0757. The molecule has 45 heavy (non-hydrogen) atoms. The molecule has 0 radical (unpaired) electrons. The number of alkyl halides is 1. The van der Waals surface area contributed by atoms with Crippen LogP contribution < -0.4 is 4.74 Å². The van der Waals surface area contributed by atoms with E-state index in [4.69, 9.17) is 46.9 Å². The van der Waals surface area contributed by atoms with E-state index in [9.17, 15) is 20.6 Å². The monoisotopic (exact) mass is 655 g/mol. The lowest BCUT2D eigenvalue weighted by Crippen LogP contribution is -2.13. The van der Waals surface area contributed by atoms with E-state index in [1.807, 2.05) is 12.1 Å². The van der Waals surface area contributed by atoms with E-state index in [0.29, 0.717) is 0 Å². The molecule has 0 heterocycles. The van der Waals surface area contributed by atoms with Gasteiger partial charge in [-0.05, 0) is 37.3 Å². The minimum atomic E-state index is -1.23. The highest BCUT2D eigenvalue weighted by Gasteiger charge is 2.27. The molecule has 0 unspecified atom stereocenters. The van der Waals surface area contributed by atoms with Crippen LogP contribution in [0, 0.1) is 45.6 Å². The van der Waals surface area contributed by atoms with Crippen LogP contribution in [0.25, 0.3) is 22.3 Å². The third kappa shape index (κ3) is 7.76. The molecule has 0 saturated heterocycles. The van der Waals surface area contributed by atoms with E-state index in [-0.39, 0.29) is 63.3 Å². The molecule has 0 N–H and O–H groups in total. The lowest BCUT2D eigenvalue weighted by molar-refractivity contribution is 0.105. The van der Waals surface area contributed by atoms with Gasteiger partial charge in [0.2, 0.25) is 0 Å². The van der Waals surface area contributed by atoms with E-state index < -0.39 is 40.8 Å². The van der Waals surface area contributed by atoms with E-state index in [2.05, 4.69) is 9.98 Å². The van der Waals surface area contributed by atoms with Gasteiger partial charge < -0.3 is 23.7 Å². The third-order valence-electron chi connectivity index (χ3n) is 5.79. The Bertz CT molecular complexity index is 1810. The molecular weight excluding hydrogens is 635 g/mol. The summed E-state index contributed by atoms with van der Waals surface area (Å²) in [4.78, 5) is 20.4. The molecule has 0 aliphatic carbocycles. The van der Waals surface area contributed by atoms with Gasteiger partial charge in [0.1, 0.15) is 36.4 Å². The van der Waals surface area contributed by atoms with Gasteiger partial charge >= 0.3 is 12.2 Å². The van der Waals surface area contributed by atoms with Gasteiger partial charge in [-0.25, -0.2) is 18.6 Å². The topological polar surface area (TPSA) is 159 Å². The molecule has 0 aromatic heterocycles. The highest BCUT2D eigenvalue weighted by atomic mass is 35.5. The van der Waals surface area contributed by atoms with Crippen molar-refractivity contribution in [1.82, 2.24) is 0 Å². The van der Waals surface area contributed by atoms with Crippen LogP contribution in [0.2, 0.25) is 5.02 Å². The smallest absolute Gasteiger partial charge is 0.483 e.